The molecule has 0 bridgehead atoms. The van der Waals surface area contributed by atoms with Crippen molar-refractivity contribution in [1.29, 1.82) is 0 Å². The molecule has 148 valence electrons. The molecule has 10 heteroatoms. The Labute approximate surface area is 159 Å². The highest BCUT2D eigenvalue weighted by Crippen LogP contribution is 2.29. The topological polar surface area (TPSA) is 83.6 Å². The quantitative estimate of drug-likeness (QED) is 0.766. The highest BCUT2D eigenvalue weighted by atomic mass is 32.2. The minimum Gasteiger partial charge on any atom is -0.274 e. The lowest BCUT2D eigenvalue weighted by molar-refractivity contribution is -0.137. The minimum absolute atomic E-state index is 0.109. The Morgan fingerprint density at radius 2 is 1.57 bits per heavy atom. The van der Waals surface area contributed by atoms with Gasteiger partial charge in [0.2, 0.25) is 21.8 Å². The van der Waals surface area contributed by atoms with Crippen LogP contribution in [0.5, 0.6) is 0 Å². The molecule has 0 radical (unpaired) electrons. The molecule has 1 saturated heterocycles. The van der Waals surface area contributed by atoms with E-state index in [9.17, 15) is 31.2 Å². The van der Waals surface area contributed by atoms with Crippen molar-refractivity contribution in [2.45, 2.75) is 30.5 Å². The summed E-state index contributed by atoms with van der Waals surface area (Å²) in [5, 5.41) is 0. The van der Waals surface area contributed by atoms with E-state index in [4.69, 9.17) is 0 Å². The zero-order valence-electron chi connectivity index (χ0n) is 14.4. The Hall–Kier alpha value is -2.72. The summed E-state index contributed by atoms with van der Waals surface area (Å²) in [6.07, 6.45) is -4.30. The standard InChI is InChI=1S/C18H15F3N2O4S/c19-18(20,21)13-3-1-2-12(10-13)11-22-28(26,27)15-6-4-14(5-7-15)23-16(24)8-9-17(23)25/h1-7,10,22H,8-9,11H2. The Kier molecular flexibility index (Phi) is 5.26. The number of sulfonamides is 1. The van der Waals surface area contributed by atoms with Crippen molar-refractivity contribution >= 4 is 27.5 Å². The molecule has 0 unspecified atom stereocenters. The van der Waals surface area contributed by atoms with Gasteiger partial charge in [-0.3, -0.25) is 14.5 Å². The molecule has 1 aliphatic heterocycles. The first-order valence-corrected chi connectivity index (χ1v) is 9.68. The molecule has 1 fully saturated rings. The SMILES string of the molecule is O=C1CCC(=O)N1c1ccc(S(=O)(=O)NCc2cccc(C(F)(F)F)c2)cc1. The van der Waals surface area contributed by atoms with Crippen LogP contribution in [0.15, 0.2) is 53.4 Å². The summed E-state index contributed by atoms with van der Waals surface area (Å²) >= 11 is 0. The van der Waals surface area contributed by atoms with Crippen molar-refractivity contribution < 1.29 is 31.2 Å². The molecule has 1 heterocycles. The average Bonchev–Trinajstić information content (AvgIpc) is 2.98. The van der Waals surface area contributed by atoms with Crippen molar-refractivity contribution in [2.24, 2.45) is 0 Å². The van der Waals surface area contributed by atoms with Gasteiger partial charge >= 0.3 is 6.18 Å². The summed E-state index contributed by atoms with van der Waals surface area (Å²) in [4.78, 5) is 24.3. The van der Waals surface area contributed by atoms with E-state index in [0.29, 0.717) is 0 Å². The molecule has 6 nitrogen and oxygen atoms in total. The number of nitrogens with zero attached hydrogens (tertiary/aromatic N) is 1. The molecule has 0 aliphatic carbocycles. The molecular formula is C18H15F3N2O4S. The van der Waals surface area contributed by atoms with Crippen molar-refractivity contribution in [1.82, 2.24) is 4.72 Å². The van der Waals surface area contributed by atoms with Gasteiger partial charge in [-0.2, -0.15) is 13.2 Å². The molecule has 0 saturated carbocycles. The van der Waals surface area contributed by atoms with Crippen LogP contribution in [0, 0.1) is 0 Å². The number of benzene rings is 2. The predicted octanol–water partition coefficient (Wildman–Crippen LogP) is 2.84. The summed E-state index contributed by atoms with van der Waals surface area (Å²) in [5.74, 6) is -0.716. The van der Waals surface area contributed by atoms with Gasteiger partial charge in [-0.1, -0.05) is 18.2 Å². The number of halogens is 3. The van der Waals surface area contributed by atoms with Crippen molar-refractivity contribution in [3.05, 3.63) is 59.7 Å². The Morgan fingerprint density at radius 1 is 0.964 bits per heavy atom. The Bertz CT molecular complexity index is 1000. The van der Waals surface area contributed by atoms with Crippen LogP contribution in [0.25, 0.3) is 0 Å². The van der Waals surface area contributed by atoms with Crippen LogP contribution in [0.2, 0.25) is 0 Å². The number of imide groups is 1. The second kappa shape index (κ2) is 7.36. The van der Waals surface area contributed by atoms with Gasteiger partial charge in [-0.05, 0) is 35.9 Å². The van der Waals surface area contributed by atoms with Crippen LogP contribution in [0.1, 0.15) is 24.0 Å². The number of alkyl halides is 3. The van der Waals surface area contributed by atoms with Gasteiger partial charge in [-0.15, -0.1) is 0 Å². The monoisotopic (exact) mass is 412 g/mol. The number of rotatable bonds is 5. The maximum absolute atomic E-state index is 12.7. The molecule has 28 heavy (non-hydrogen) atoms. The molecule has 2 aromatic rings. The first kappa shape index (κ1) is 20.0. The predicted molar refractivity (Wildman–Crippen MR) is 93.6 cm³/mol. The number of carbonyl (C=O) groups excluding carboxylic acids is 2. The van der Waals surface area contributed by atoms with E-state index in [2.05, 4.69) is 4.72 Å². The molecule has 1 N–H and O–H groups in total. The van der Waals surface area contributed by atoms with Crippen LogP contribution >= 0.6 is 0 Å². The molecule has 2 amide bonds. The number of hydrogen-bond donors (Lipinski definition) is 1. The van der Waals surface area contributed by atoms with Crippen LogP contribution < -0.4 is 9.62 Å². The fourth-order valence-corrected chi connectivity index (χ4v) is 3.78. The summed E-state index contributed by atoms with van der Waals surface area (Å²) in [5.41, 5.74) is -0.443. The van der Waals surface area contributed by atoms with Crippen LogP contribution in [-0.2, 0) is 32.3 Å². The van der Waals surface area contributed by atoms with E-state index >= 15 is 0 Å². The summed E-state index contributed by atoms with van der Waals surface area (Å²) in [6, 6.07) is 9.47. The van der Waals surface area contributed by atoms with Crippen molar-refractivity contribution in [3.8, 4) is 0 Å². The number of carbonyl (C=O) groups is 2. The molecule has 0 aromatic heterocycles. The van der Waals surface area contributed by atoms with Gasteiger partial charge in [-0.25, -0.2) is 13.1 Å². The van der Waals surface area contributed by atoms with Crippen LogP contribution in [0.3, 0.4) is 0 Å². The molecule has 0 spiro atoms. The first-order chi connectivity index (χ1) is 13.1. The minimum atomic E-state index is -4.52. The second-order valence-corrected chi connectivity index (χ2v) is 7.91. The maximum Gasteiger partial charge on any atom is 0.416 e. The third-order valence-corrected chi connectivity index (χ3v) is 5.59. The molecule has 1 aliphatic rings. The number of hydrogen-bond acceptors (Lipinski definition) is 4. The van der Waals surface area contributed by atoms with Crippen LogP contribution in [0.4, 0.5) is 18.9 Å². The number of nitrogens with one attached hydrogen (secondary N) is 1. The summed E-state index contributed by atoms with van der Waals surface area (Å²) in [6.45, 7) is -0.322. The molecule has 0 atom stereocenters. The third-order valence-electron chi connectivity index (χ3n) is 4.18. The zero-order valence-corrected chi connectivity index (χ0v) is 15.2. The molecule has 2 aromatic carbocycles. The van der Waals surface area contributed by atoms with E-state index in [-0.39, 0.29) is 47.3 Å². The fourth-order valence-electron chi connectivity index (χ4n) is 2.76. The summed E-state index contributed by atoms with van der Waals surface area (Å²) in [7, 11) is -3.99. The van der Waals surface area contributed by atoms with E-state index in [1.807, 2.05) is 0 Å². The van der Waals surface area contributed by atoms with E-state index in [1.165, 1.54) is 36.4 Å². The van der Waals surface area contributed by atoms with E-state index in [0.717, 1.165) is 17.0 Å². The number of anilines is 1. The second-order valence-electron chi connectivity index (χ2n) is 6.14. The highest BCUT2D eigenvalue weighted by molar-refractivity contribution is 7.89. The van der Waals surface area contributed by atoms with Gasteiger partial charge in [0.25, 0.3) is 0 Å². The van der Waals surface area contributed by atoms with Gasteiger partial charge < -0.3 is 0 Å². The first-order valence-electron chi connectivity index (χ1n) is 8.19. The lowest BCUT2D eigenvalue weighted by Crippen LogP contribution is -2.28. The Morgan fingerprint density at radius 3 is 2.14 bits per heavy atom. The molecule has 3 rings (SSSR count). The van der Waals surface area contributed by atoms with Gasteiger partial charge in [0.05, 0.1) is 16.1 Å². The highest BCUT2D eigenvalue weighted by Gasteiger charge is 2.31. The fraction of sp³-hybridized carbons (Fsp3) is 0.222. The van der Waals surface area contributed by atoms with Gasteiger partial charge in [0.15, 0.2) is 0 Å². The Balaban J connectivity index is 1.73. The maximum atomic E-state index is 12.7. The molecular weight excluding hydrogens is 397 g/mol. The largest absolute Gasteiger partial charge is 0.416 e. The van der Waals surface area contributed by atoms with E-state index < -0.39 is 21.8 Å². The summed E-state index contributed by atoms with van der Waals surface area (Å²) < 4.78 is 65.2. The van der Waals surface area contributed by atoms with Crippen LogP contribution in [-0.4, -0.2) is 20.2 Å². The average molecular weight is 412 g/mol. The third kappa shape index (κ3) is 4.23. The lowest BCUT2D eigenvalue weighted by Gasteiger charge is -2.14. The van der Waals surface area contributed by atoms with Gasteiger partial charge in [0.1, 0.15) is 0 Å². The smallest absolute Gasteiger partial charge is 0.274 e. The van der Waals surface area contributed by atoms with E-state index in [1.54, 1.807) is 0 Å². The van der Waals surface area contributed by atoms with Crippen molar-refractivity contribution in [2.75, 3.05) is 4.90 Å². The number of amides is 2. The normalized spacial score (nSPS) is 15.3. The van der Waals surface area contributed by atoms with Gasteiger partial charge in [0, 0.05) is 19.4 Å². The zero-order chi connectivity index (χ0) is 20.5. The lowest BCUT2D eigenvalue weighted by atomic mass is 10.1. The van der Waals surface area contributed by atoms with Crippen molar-refractivity contribution in [3.63, 3.8) is 0 Å².